The van der Waals surface area contributed by atoms with E-state index >= 15 is 0 Å². The van der Waals surface area contributed by atoms with Gasteiger partial charge < -0.3 is 5.73 Å². The van der Waals surface area contributed by atoms with Gasteiger partial charge in [-0.15, -0.1) is 5.10 Å². The first-order valence-electron chi connectivity index (χ1n) is 5.28. The zero-order valence-corrected chi connectivity index (χ0v) is 10.5. The Morgan fingerprint density at radius 2 is 2.00 bits per heavy atom. The number of anilines is 1. The van der Waals surface area contributed by atoms with Crippen molar-refractivity contribution < 1.29 is 0 Å². The van der Waals surface area contributed by atoms with Gasteiger partial charge in [0.25, 0.3) is 0 Å². The quantitative estimate of drug-likeness (QED) is 0.815. The predicted molar refractivity (Wildman–Crippen MR) is 68.2 cm³/mol. The lowest BCUT2D eigenvalue weighted by Crippen LogP contribution is -2.19. The van der Waals surface area contributed by atoms with E-state index in [1.165, 1.54) is 11.8 Å². The predicted octanol–water partition coefficient (Wildman–Crippen LogP) is 1.89. The molecule has 0 bridgehead atoms. The molecule has 0 atom stereocenters. The van der Waals surface area contributed by atoms with E-state index in [2.05, 4.69) is 10.2 Å². The molecule has 0 amide bonds. The zero-order valence-electron chi connectivity index (χ0n) is 9.68. The molecule has 0 saturated heterocycles. The molecule has 2 rings (SSSR count). The van der Waals surface area contributed by atoms with Crippen LogP contribution in [0.25, 0.3) is 0 Å². The fourth-order valence-electron chi connectivity index (χ4n) is 1.46. The molecular formula is C11H14N4OS. The minimum absolute atomic E-state index is 0.0810. The highest BCUT2D eigenvalue weighted by Gasteiger charge is 2.12. The molecule has 6 heteroatoms. The van der Waals surface area contributed by atoms with Crippen LogP contribution in [0.15, 0.2) is 39.1 Å². The number of nitrogens with two attached hydrogens (primary N) is 1. The third kappa shape index (κ3) is 2.52. The number of aromatic amines is 1. The number of aromatic nitrogens is 3. The van der Waals surface area contributed by atoms with E-state index in [0.29, 0.717) is 5.16 Å². The van der Waals surface area contributed by atoms with Gasteiger partial charge >= 0.3 is 5.69 Å². The van der Waals surface area contributed by atoms with E-state index in [0.717, 1.165) is 10.6 Å². The van der Waals surface area contributed by atoms with Crippen molar-refractivity contribution in [3.8, 4) is 0 Å². The molecule has 0 aliphatic heterocycles. The summed E-state index contributed by atoms with van der Waals surface area (Å²) in [4.78, 5) is 12.5. The number of hydrogen-bond donors (Lipinski definition) is 2. The summed E-state index contributed by atoms with van der Waals surface area (Å²) in [5.74, 6) is 0. The maximum atomic E-state index is 11.5. The van der Waals surface area contributed by atoms with Gasteiger partial charge in [-0.2, -0.15) is 0 Å². The Bertz CT molecular complexity index is 556. The van der Waals surface area contributed by atoms with Gasteiger partial charge in [-0.25, -0.2) is 9.89 Å². The molecule has 0 radical (unpaired) electrons. The van der Waals surface area contributed by atoms with Gasteiger partial charge in [-0.05, 0) is 49.9 Å². The lowest BCUT2D eigenvalue weighted by atomic mass is 10.3. The average molecular weight is 250 g/mol. The van der Waals surface area contributed by atoms with Crippen molar-refractivity contribution in [2.45, 2.75) is 29.9 Å². The van der Waals surface area contributed by atoms with Gasteiger partial charge in [0.1, 0.15) is 0 Å². The summed E-state index contributed by atoms with van der Waals surface area (Å²) in [5.41, 5.74) is 6.15. The second kappa shape index (κ2) is 4.67. The second-order valence-electron chi connectivity index (χ2n) is 3.95. The van der Waals surface area contributed by atoms with Crippen LogP contribution in [0.4, 0.5) is 5.69 Å². The molecule has 2 aromatic rings. The average Bonchev–Trinajstić information content (AvgIpc) is 2.63. The van der Waals surface area contributed by atoms with Gasteiger partial charge in [-0.1, -0.05) is 0 Å². The number of nitrogens with one attached hydrogen (secondary N) is 1. The maximum Gasteiger partial charge on any atom is 0.344 e. The van der Waals surface area contributed by atoms with Crippen LogP contribution in [0.2, 0.25) is 0 Å². The van der Waals surface area contributed by atoms with Crippen molar-refractivity contribution in [1.82, 2.24) is 14.8 Å². The Hall–Kier alpha value is -1.69. The molecule has 0 aliphatic rings. The first-order chi connectivity index (χ1) is 8.08. The summed E-state index contributed by atoms with van der Waals surface area (Å²) in [6.07, 6.45) is 0. The van der Waals surface area contributed by atoms with Crippen LogP contribution < -0.4 is 11.4 Å². The summed E-state index contributed by atoms with van der Waals surface area (Å²) in [5, 5.41) is 7.14. The minimum Gasteiger partial charge on any atom is -0.399 e. The van der Waals surface area contributed by atoms with Crippen molar-refractivity contribution in [1.29, 1.82) is 0 Å². The largest absolute Gasteiger partial charge is 0.399 e. The number of H-pyrrole nitrogens is 1. The van der Waals surface area contributed by atoms with Crippen LogP contribution in [-0.2, 0) is 0 Å². The van der Waals surface area contributed by atoms with Crippen LogP contribution in [0.5, 0.6) is 0 Å². The summed E-state index contributed by atoms with van der Waals surface area (Å²) in [7, 11) is 0. The van der Waals surface area contributed by atoms with Gasteiger partial charge in [0.15, 0.2) is 5.16 Å². The molecular weight excluding hydrogens is 236 g/mol. The topological polar surface area (TPSA) is 76.7 Å². The number of nitrogen functional groups attached to an aromatic ring is 1. The van der Waals surface area contributed by atoms with Crippen LogP contribution in [0, 0.1) is 0 Å². The van der Waals surface area contributed by atoms with Crippen LogP contribution in [-0.4, -0.2) is 14.8 Å². The third-order valence-electron chi connectivity index (χ3n) is 2.28. The molecule has 1 aromatic carbocycles. The SMILES string of the molecule is CC(C)n1c(Sc2ccc(N)cc2)n[nH]c1=O. The van der Waals surface area contributed by atoms with Gasteiger partial charge in [-0.3, -0.25) is 4.57 Å². The zero-order chi connectivity index (χ0) is 12.4. The summed E-state index contributed by atoms with van der Waals surface area (Å²) < 4.78 is 1.63. The van der Waals surface area contributed by atoms with Crippen molar-refractivity contribution >= 4 is 17.4 Å². The number of nitrogens with zero attached hydrogens (tertiary/aromatic N) is 2. The molecule has 0 aliphatic carbocycles. The van der Waals surface area contributed by atoms with Crippen LogP contribution >= 0.6 is 11.8 Å². The molecule has 1 heterocycles. The smallest absolute Gasteiger partial charge is 0.344 e. The molecule has 1 aromatic heterocycles. The molecule has 17 heavy (non-hydrogen) atoms. The highest BCUT2D eigenvalue weighted by Crippen LogP contribution is 2.26. The standard InChI is InChI=1S/C11H14N4OS/c1-7(2)15-10(16)13-14-11(15)17-9-5-3-8(12)4-6-9/h3-7H,12H2,1-2H3,(H,13,16). The lowest BCUT2D eigenvalue weighted by Gasteiger charge is -2.08. The monoisotopic (exact) mass is 250 g/mol. The maximum absolute atomic E-state index is 11.5. The second-order valence-corrected chi connectivity index (χ2v) is 4.99. The lowest BCUT2D eigenvalue weighted by molar-refractivity contribution is 0.534. The Morgan fingerprint density at radius 1 is 1.35 bits per heavy atom. The molecule has 0 saturated carbocycles. The molecule has 0 fully saturated rings. The third-order valence-corrected chi connectivity index (χ3v) is 3.26. The number of rotatable bonds is 3. The van der Waals surface area contributed by atoms with E-state index in [1.807, 2.05) is 38.1 Å². The first kappa shape index (κ1) is 11.8. The van der Waals surface area contributed by atoms with Gasteiger partial charge in [0.05, 0.1) is 0 Å². The van der Waals surface area contributed by atoms with E-state index in [9.17, 15) is 4.79 Å². The van der Waals surface area contributed by atoms with E-state index in [1.54, 1.807) is 4.57 Å². The summed E-state index contributed by atoms with van der Waals surface area (Å²) in [6.45, 7) is 3.90. The highest BCUT2D eigenvalue weighted by atomic mass is 32.2. The van der Waals surface area contributed by atoms with E-state index < -0.39 is 0 Å². The summed E-state index contributed by atoms with van der Waals surface area (Å²) in [6, 6.07) is 7.55. The van der Waals surface area contributed by atoms with Crippen molar-refractivity contribution in [2.24, 2.45) is 0 Å². The van der Waals surface area contributed by atoms with E-state index in [4.69, 9.17) is 5.73 Å². The van der Waals surface area contributed by atoms with Crippen LogP contribution in [0.1, 0.15) is 19.9 Å². The Morgan fingerprint density at radius 3 is 2.59 bits per heavy atom. The molecule has 90 valence electrons. The van der Waals surface area contributed by atoms with Crippen LogP contribution in [0.3, 0.4) is 0 Å². The van der Waals surface area contributed by atoms with Crippen molar-refractivity contribution in [2.75, 3.05) is 5.73 Å². The van der Waals surface area contributed by atoms with Crippen molar-refractivity contribution in [3.63, 3.8) is 0 Å². The Kier molecular flexibility index (Phi) is 3.23. The molecule has 0 unspecified atom stereocenters. The minimum atomic E-state index is -0.182. The number of hydrogen-bond acceptors (Lipinski definition) is 4. The Labute approximate surface area is 103 Å². The molecule has 3 N–H and O–H groups in total. The summed E-state index contributed by atoms with van der Waals surface area (Å²) >= 11 is 1.44. The highest BCUT2D eigenvalue weighted by molar-refractivity contribution is 7.99. The normalized spacial score (nSPS) is 11.0. The van der Waals surface area contributed by atoms with Gasteiger partial charge in [0, 0.05) is 16.6 Å². The number of benzene rings is 1. The fraction of sp³-hybridized carbons (Fsp3) is 0.273. The van der Waals surface area contributed by atoms with Crippen molar-refractivity contribution in [3.05, 3.63) is 34.7 Å². The molecule has 5 nitrogen and oxygen atoms in total. The van der Waals surface area contributed by atoms with E-state index in [-0.39, 0.29) is 11.7 Å². The molecule has 0 spiro atoms. The Balaban J connectivity index is 2.30. The first-order valence-corrected chi connectivity index (χ1v) is 6.10. The van der Waals surface area contributed by atoms with Gasteiger partial charge in [0.2, 0.25) is 0 Å². The fourth-order valence-corrected chi connectivity index (χ4v) is 2.43.